The number of rotatable bonds is 4. The Morgan fingerprint density at radius 2 is 2.00 bits per heavy atom. The fourth-order valence-electron chi connectivity index (χ4n) is 1.92. The predicted molar refractivity (Wildman–Crippen MR) is 54.5 cm³/mol. The molecule has 3 heteroatoms. The SMILES string of the molecule is CCN(CC(C)(C)O)C1CC(N)C1. The van der Waals surface area contributed by atoms with Crippen molar-refractivity contribution in [2.24, 2.45) is 5.73 Å². The maximum atomic E-state index is 9.68. The normalized spacial score (nSPS) is 29.1. The highest BCUT2D eigenvalue weighted by Gasteiger charge is 2.32. The zero-order valence-electron chi connectivity index (χ0n) is 8.95. The van der Waals surface area contributed by atoms with Gasteiger partial charge in [-0.2, -0.15) is 0 Å². The second-order valence-electron chi connectivity index (χ2n) is 4.76. The van der Waals surface area contributed by atoms with Gasteiger partial charge in [-0.3, -0.25) is 4.90 Å². The summed E-state index contributed by atoms with van der Waals surface area (Å²) < 4.78 is 0. The fourth-order valence-corrected chi connectivity index (χ4v) is 1.92. The molecule has 0 spiro atoms. The lowest BCUT2D eigenvalue weighted by atomic mass is 9.85. The topological polar surface area (TPSA) is 49.5 Å². The van der Waals surface area contributed by atoms with E-state index in [9.17, 15) is 5.11 Å². The second-order valence-corrected chi connectivity index (χ2v) is 4.76. The average molecular weight is 186 g/mol. The van der Waals surface area contributed by atoms with Crippen LogP contribution in [0.4, 0.5) is 0 Å². The molecular weight excluding hydrogens is 164 g/mol. The Morgan fingerprint density at radius 1 is 1.46 bits per heavy atom. The highest BCUT2D eigenvalue weighted by molar-refractivity contribution is 4.90. The summed E-state index contributed by atoms with van der Waals surface area (Å²) in [6, 6.07) is 0.993. The van der Waals surface area contributed by atoms with Gasteiger partial charge in [0.2, 0.25) is 0 Å². The van der Waals surface area contributed by atoms with Crippen molar-refractivity contribution >= 4 is 0 Å². The number of nitrogens with zero attached hydrogens (tertiary/aromatic N) is 1. The van der Waals surface area contributed by atoms with E-state index in [1.165, 1.54) is 0 Å². The molecule has 0 atom stereocenters. The summed E-state index contributed by atoms with van der Waals surface area (Å²) in [5.41, 5.74) is 5.15. The van der Waals surface area contributed by atoms with Gasteiger partial charge in [-0.1, -0.05) is 6.92 Å². The van der Waals surface area contributed by atoms with Gasteiger partial charge in [-0.15, -0.1) is 0 Å². The van der Waals surface area contributed by atoms with Crippen molar-refractivity contribution in [2.45, 2.75) is 51.3 Å². The van der Waals surface area contributed by atoms with Gasteiger partial charge in [-0.25, -0.2) is 0 Å². The molecule has 0 aromatic carbocycles. The van der Waals surface area contributed by atoms with E-state index in [0.717, 1.165) is 25.9 Å². The number of hydrogen-bond acceptors (Lipinski definition) is 3. The molecule has 13 heavy (non-hydrogen) atoms. The minimum atomic E-state index is -0.588. The van der Waals surface area contributed by atoms with Crippen LogP contribution in [0.5, 0.6) is 0 Å². The van der Waals surface area contributed by atoms with Crippen molar-refractivity contribution in [3.63, 3.8) is 0 Å². The van der Waals surface area contributed by atoms with E-state index in [2.05, 4.69) is 11.8 Å². The number of hydrogen-bond donors (Lipinski definition) is 2. The van der Waals surface area contributed by atoms with Crippen LogP contribution in [0.25, 0.3) is 0 Å². The molecule has 78 valence electrons. The fraction of sp³-hybridized carbons (Fsp3) is 1.00. The number of likely N-dealkylation sites (N-methyl/N-ethyl adjacent to an activating group) is 1. The van der Waals surface area contributed by atoms with Crippen LogP contribution in [-0.4, -0.2) is 40.8 Å². The van der Waals surface area contributed by atoms with Crippen LogP contribution >= 0.6 is 0 Å². The minimum absolute atomic E-state index is 0.390. The number of aliphatic hydroxyl groups is 1. The second kappa shape index (κ2) is 3.95. The van der Waals surface area contributed by atoms with Gasteiger partial charge in [0, 0.05) is 18.6 Å². The van der Waals surface area contributed by atoms with E-state index < -0.39 is 5.60 Å². The van der Waals surface area contributed by atoms with E-state index >= 15 is 0 Å². The lowest BCUT2D eigenvalue weighted by molar-refractivity contribution is 0.00366. The van der Waals surface area contributed by atoms with Gasteiger partial charge < -0.3 is 10.8 Å². The van der Waals surface area contributed by atoms with E-state index in [-0.39, 0.29) is 0 Å². The Kier molecular flexibility index (Phi) is 3.33. The smallest absolute Gasteiger partial charge is 0.0718 e. The van der Waals surface area contributed by atoms with Gasteiger partial charge >= 0.3 is 0 Å². The summed E-state index contributed by atoms with van der Waals surface area (Å²) in [5.74, 6) is 0. The first kappa shape index (κ1) is 11.0. The lowest BCUT2D eigenvalue weighted by Gasteiger charge is -2.43. The molecule has 1 fully saturated rings. The first-order valence-electron chi connectivity index (χ1n) is 5.14. The summed E-state index contributed by atoms with van der Waals surface area (Å²) in [6.07, 6.45) is 2.17. The molecule has 0 saturated heterocycles. The molecule has 1 aliphatic carbocycles. The molecular formula is C10H22N2O. The Morgan fingerprint density at radius 3 is 2.31 bits per heavy atom. The molecule has 3 N–H and O–H groups in total. The maximum Gasteiger partial charge on any atom is 0.0718 e. The molecule has 1 saturated carbocycles. The van der Waals surface area contributed by atoms with Crippen LogP contribution in [0, 0.1) is 0 Å². The van der Waals surface area contributed by atoms with E-state index in [4.69, 9.17) is 5.73 Å². The quantitative estimate of drug-likeness (QED) is 0.675. The van der Waals surface area contributed by atoms with Gasteiger partial charge in [0.1, 0.15) is 0 Å². The van der Waals surface area contributed by atoms with Crippen molar-refractivity contribution in [1.82, 2.24) is 4.90 Å². The van der Waals surface area contributed by atoms with Gasteiger partial charge in [-0.05, 0) is 33.2 Å². The zero-order valence-corrected chi connectivity index (χ0v) is 8.95. The minimum Gasteiger partial charge on any atom is -0.389 e. The maximum absolute atomic E-state index is 9.68. The summed E-state index contributed by atoms with van der Waals surface area (Å²) in [7, 11) is 0. The molecule has 0 aromatic heterocycles. The van der Waals surface area contributed by atoms with Crippen molar-refractivity contribution < 1.29 is 5.11 Å². The molecule has 0 heterocycles. The highest BCUT2D eigenvalue weighted by Crippen LogP contribution is 2.25. The third-order valence-electron chi connectivity index (χ3n) is 2.66. The summed E-state index contributed by atoms with van der Waals surface area (Å²) in [4.78, 5) is 2.32. The number of nitrogens with two attached hydrogens (primary N) is 1. The van der Waals surface area contributed by atoms with Gasteiger partial charge in [0.15, 0.2) is 0 Å². The van der Waals surface area contributed by atoms with Crippen LogP contribution < -0.4 is 5.73 Å². The van der Waals surface area contributed by atoms with Crippen molar-refractivity contribution in [3.8, 4) is 0 Å². The Hall–Kier alpha value is -0.120. The summed E-state index contributed by atoms with van der Waals surface area (Å²) in [5, 5.41) is 9.68. The zero-order chi connectivity index (χ0) is 10.1. The van der Waals surface area contributed by atoms with E-state index in [0.29, 0.717) is 12.1 Å². The first-order chi connectivity index (χ1) is 5.92. The van der Waals surface area contributed by atoms with Crippen molar-refractivity contribution in [1.29, 1.82) is 0 Å². The van der Waals surface area contributed by atoms with Crippen molar-refractivity contribution in [3.05, 3.63) is 0 Å². The molecule has 1 aliphatic rings. The third-order valence-corrected chi connectivity index (χ3v) is 2.66. The molecule has 1 rings (SSSR count). The van der Waals surface area contributed by atoms with Gasteiger partial charge in [0.05, 0.1) is 5.60 Å². The molecule has 0 aliphatic heterocycles. The van der Waals surface area contributed by atoms with Crippen LogP contribution in [-0.2, 0) is 0 Å². The van der Waals surface area contributed by atoms with Crippen molar-refractivity contribution in [2.75, 3.05) is 13.1 Å². The molecule has 0 aromatic rings. The summed E-state index contributed by atoms with van der Waals surface area (Å²) in [6.45, 7) is 7.60. The summed E-state index contributed by atoms with van der Waals surface area (Å²) >= 11 is 0. The standard InChI is InChI=1S/C10H22N2O/c1-4-12(7-10(2,3)13)9-5-8(11)6-9/h8-9,13H,4-7,11H2,1-3H3. The van der Waals surface area contributed by atoms with Crippen LogP contribution in [0.15, 0.2) is 0 Å². The Balaban J connectivity index is 2.35. The van der Waals surface area contributed by atoms with Crippen LogP contribution in [0.2, 0.25) is 0 Å². The first-order valence-corrected chi connectivity index (χ1v) is 5.14. The predicted octanol–water partition coefficient (Wildman–Crippen LogP) is 0.569. The molecule has 0 bridgehead atoms. The average Bonchev–Trinajstić information content (AvgIpc) is 1.93. The molecule has 3 nitrogen and oxygen atoms in total. The molecule has 0 unspecified atom stereocenters. The van der Waals surface area contributed by atoms with Crippen LogP contribution in [0.1, 0.15) is 33.6 Å². The monoisotopic (exact) mass is 186 g/mol. The van der Waals surface area contributed by atoms with E-state index in [1.54, 1.807) is 0 Å². The molecule has 0 radical (unpaired) electrons. The highest BCUT2D eigenvalue weighted by atomic mass is 16.3. The Labute approximate surface area is 80.9 Å². The van der Waals surface area contributed by atoms with Crippen LogP contribution in [0.3, 0.4) is 0 Å². The molecule has 0 amide bonds. The lowest BCUT2D eigenvalue weighted by Crippen LogP contribution is -2.53. The third kappa shape index (κ3) is 3.25. The Bertz CT molecular complexity index is 159. The van der Waals surface area contributed by atoms with Gasteiger partial charge in [0.25, 0.3) is 0 Å². The largest absolute Gasteiger partial charge is 0.389 e. The van der Waals surface area contributed by atoms with E-state index in [1.807, 2.05) is 13.8 Å².